The van der Waals surface area contributed by atoms with Crippen LogP contribution in [0.5, 0.6) is 17.4 Å². The third-order valence-corrected chi connectivity index (χ3v) is 2.42. The Kier molecular flexibility index (Phi) is 4.11. The quantitative estimate of drug-likeness (QED) is 0.801. The summed E-state index contributed by atoms with van der Waals surface area (Å²) in [7, 11) is 0. The van der Waals surface area contributed by atoms with Crippen LogP contribution in [0.4, 0.5) is 13.2 Å². The van der Waals surface area contributed by atoms with Gasteiger partial charge in [0.2, 0.25) is 5.88 Å². The van der Waals surface area contributed by atoms with Crippen LogP contribution in [-0.2, 0) is 0 Å². The molecule has 0 spiro atoms. The maximum absolute atomic E-state index is 12.0. The molecule has 0 unspecified atom stereocenters. The van der Waals surface area contributed by atoms with Crippen molar-refractivity contribution in [2.24, 2.45) is 0 Å². The zero-order valence-electron chi connectivity index (χ0n) is 10.8. The number of nitrogens with zero attached hydrogens (tertiary/aromatic N) is 1. The van der Waals surface area contributed by atoms with E-state index in [4.69, 9.17) is 4.74 Å². The van der Waals surface area contributed by atoms with Crippen molar-refractivity contribution in [2.45, 2.75) is 13.3 Å². The van der Waals surface area contributed by atoms with Gasteiger partial charge in [0.1, 0.15) is 11.5 Å². The number of carbonyl (C=O) groups is 1. The molecular weight excluding hydrogens is 287 g/mol. The average molecular weight is 297 g/mol. The van der Waals surface area contributed by atoms with Gasteiger partial charge in [-0.15, -0.1) is 13.2 Å². The predicted octanol–water partition coefficient (Wildman–Crippen LogP) is 3.98. The largest absolute Gasteiger partial charge is 0.573 e. The van der Waals surface area contributed by atoms with Gasteiger partial charge in [0.25, 0.3) is 0 Å². The molecule has 0 N–H and O–H groups in total. The molecule has 0 aliphatic carbocycles. The van der Waals surface area contributed by atoms with Gasteiger partial charge >= 0.3 is 6.36 Å². The summed E-state index contributed by atoms with van der Waals surface area (Å²) in [6.45, 7) is 1.41. The lowest BCUT2D eigenvalue weighted by molar-refractivity contribution is -0.274. The number of hydrogen-bond acceptors (Lipinski definition) is 4. The van der Waals surface area contributed by atoms with E-state index in [9.17, 15) is 18.0 Å². The van der Waals surface area contributed by atoms with Crippen molar-refractivity contribution in [2.75, 3.05) is 0 Å². The lowest BCUT2D eigenvalue weighted by atomic mass is 10.2. The number of halogens is 3. The van der Waals surface area contributed by atoms with Gasteiger partial charge in [-0.05, 0) is 37.3 Å². The Hall–Kier alpha value is -2.57. The second-order valence-electron chi connectivity index (χ2n) is 4.06. The van der Waals surface area contributed by atoms with Crippen molar-refractivity contribution >= 4 is 5.78 Å². The number of benzene rings is 1. The fourth-order valence-corrected chi connectivity index (χ4v) is 1.51. The smallest absolute Gasteiger partial charge is 0.439 e. The number of pyridine rings is 1. The fraction of sp³-hybridized carbons (Fsp3) is 0.143. The van der Waals surface area contributed by atoms with E-state index in [2.05, 4.69) is 9.72 Å². The van der Waals surface area contributed by atoms with Crippen molar-refractivity contribution in [3.8, 4) is 17.4 Å². The third kappa shape index (κ3) is 4.48. The van der Waals surface area contributed by atoms with E-state index < -0.39 is 6.36 Å². The molecule has 110 valence electrons. The number of ether oxygens (including phenoxy) is 2. The van der Waals surface area contributed by atoms with E-state index in [1.807, 2.05) is 0 Å². The van der Waals surface area contributed by atoms with Crippen LogP contribution in [0.1, 0.15) is 17.3 Å². The molecule has 21 heavy (non-hydrogen) atoms. The first-order valence-electron chi connectivity index (χ1n) is 5.84. The topological polar surface area (TPSA) is 48.4 Å². The van der Waals surface area contributed by atoms with Crippen molar-refractivity contribution in [1.82, 2.24) is 4.98 Å². The summed E-state index contributed by atoms with van der Waals surface area (Å²) < 4.78 is 45.1. The Morgan fingerprint density at radius 1 is 1.10 bits per heavy atom. The molecule has 0 aliphatic rings. The molecule has 0 saturated heterocycles. The predicted molar refractivity (Wildman–Crippen MR) is 67.4 cm³/mol. The normalized spacial score (nSPS) is 11.0. The first-order chi connectivity index (χ1) is 9.83. The summed E-state index contributed by atoms with van der Waals surface area (Å²) >= 11 is 0. The number of carbonyl (C=O) groups excluding carboxylic acids is 1. The lowest BCUT2D eigenvalue weighted by Crippen LogP contribution is -2.16. The van der Waals surface area contributed by atoms with Gasteiger partial charge in [-0.2, -0.15) is 0 Å². The van der Waals surface area contributed by atoms with Gasteiger partial charge in [0.05, 0.1) is 0 Å². The molecule has 4 nitrogen and oxygen atoms in total. The second kappa shape index (κ2) is 5.82. The van der Waals surface area contributed by atoms with Gasteiger partial charge in [-0.1, -0.05) is 0 Å². The van der Waals surface area contributed by atoms with Crippen LogP contribution in [-0.4, -0.2) is 17.1 Å². The summed E-state index contributed by atoms with van der Waals surface area (Å²) in [6.07, 6.45) is -3.33. The standard InChI is InChI=1S/C14H10F3NO3/c1-9(19)10-6-7-18-13(8-10)20-11-2-4-12(5-3-11)21-14(15,16)17/h2-8H,1H3. The van der Waals surface area contributed by atoms with Gasteiger partial charge in [0, 0.05) is 17.8 Å². The van der Waals surface area contributed by atoms with Crippen LogP contribution in [0, 0.1) is 0 Å². The highest BCUT2D eigenvalue weighted by Gasteiger charge is 2.30. The molecule has 2 rings (SSSR count). The molecule has 0 saturated carbocycles. The Bertz CT molecular complexity index is 639. The average Bonchev–Trinajstić information content (AvgIpc) is 2.40. The van der Waals surface area contributed by atoms with E-state index >= 15 is 0 Å². The van der Waals surface area contributed by atoms with E-state index in [-0.39, 0.29) is 23.2 Å². The summed E-state index contributed by atoms with van der Waals surface area (Å²) in [4.78, 5) is 15.1. The van der Waals surface area contributed by atoms with Crippen LogP contribution in [0.15, 0.2) is 42.6 Å². The van der Waals surface area contributed by atoms with E-state index in [1.165, 1.54) is 37.4 Å². The summed E-state index contributed by atoms with van der Waals surface area (Å²) in [5, 5.41) is 0. The van der Waals surface area contributed by atoms with Crippen molar-refractivity contribution in [1.29, 1.82) is 0 Å². The highest BCUT2D eigenvalue weighted by Crippen LogP contribution is 2.26. The minimum Gasteiger partial charge on any atom is -0.439 e. The van der Waals surface area contributed by atoms with Gasteiger partial charge in [0.15, 0.2) is 5.78 Å². The molecule has 1 aromatic heterocycles. The first-order valence-corrected chi connectivity index (χ1v) is 5.84. The van der Waals surface area contributed by atoms with Crippen molar-refractivity contribution in [3.63, 3.8) is 0 Å². The van der Waals surface area contributed by atoms with E-state index in [1.54, 1.807) is 0 Å². The Balaban J connectivity index is 2.10. The molecule has 0 atom stereocenters. The molecular formula is C14H10F3NO3. The molecule has 1 aromatic carbocycles. The SMILES string of the molecule is CC(=O)c1ccnc(Oc2ccc(OC(F)(F)F)cc2)c1. The first kappa shape index (κ1) is 14.8. The zero-order valence-corrected chi connectivity index (χ0v) is 10.8. The van der Waals surface area contributed by atoms with Gasteiger partial charge in [-0.3, -0.25) is 4.79 Å². The molecule has 0 bridgehead atoms. The minimum atomic E-state index is -4.74. The van der Waals surface area contributed by atoms with Crippen molar-refractivity contribution in [3.05, 3.63) is 48.2 Å². The second-order valence-corrected chi connectivity index (χ2v) is 4.06. The molecule has 0 amide bonds. The number of alkyl halides is 3. The monoisotopic (exact) mass is 297 g/mol. The molecule has 2 aromatic rings. The Morgan fingerprint density at radius 2 is 1.71 bits per heavy atom. The van der Waals surface area contributed by atoms with Gasteiger partial charge < -0.3 is 9.47 Å². The maximum atomic E-state index is 12.0. The van der Waals surface area contributed by atoms with E-state index in [0.717, 1.165) is 12.1 Å². The van der Waals surface area contributed by atoms with E-state index in [0.29, 0.717) is 5.56 Å². The van der Waals surface area contributed by atoms with Crippen molar-refractivity contribution < 1.29 is 27.4 Å². The summed E-state index contributed by atoms with van der Waals surface area (Å²) in [5.74, 6) is -0.0404. The number of rotatable bonds is 4. The highest BCUT2D eigenvalue weighted by atomic mass is 19.4. The molecule has 7 heteroatoms. The van der Waals surface area contributed by atoms with Crippen LogP contribution >= 0.6 is 0 Å². The fourth-order valence-electron chi connectivity index (χ4n) is 1.51. The summed E-state index contributed by atoms with van der Waals surface area (Å²) in [6, 6.07) is 7.85. The molecule has 0 fully saturated rings. The number of Topliss-reactive ketones (excluding diaryl/α,β-unsaturated/α-hetero) is 1. The lowest BCUT2D eigenvalue weighted by Gasteiger charge is -2.09. The van der Waals surface area contributed by atoms with Crippen LogP contribution in [0.3, 0.4) is 0 Å². The maximum Gasteiger partial charge on any atom is 0.573 e. The minimum absolute atomic E-state index is 0.142. The zero-order chi connectivity index (χ0) is 15.5. The highest BCUT2D eigenvalue weighted by molar-refractivity contribution is 5.94. The van der Waals surface area contributed by atoms with Crippen LogP contribution < -0.4 is 9.47 Å². The molecule has 1 heterocycles. The number of ketones is 1. The third-order valence-electron chi connectivity index (χ3n) is 2.42. The van der Waals surface area contributed by atoms with Crippen LogP contribution in [0.2, 0.25) is 0 Å². The Labute approximate surface area is 118 Å². The molecule has 0 aliphatic heterocycles. The summed E-state index contributed by atoms with van der Waals surface area (Å²) in [5.41, 5.74) is 0.428. The molecule has 0 radical (unpaired) electrons. The van der Waals surface area contributed by atoms with Crippen LogP contribution in [0.25, 0.3) is 0 Å². The van der Waals surface area contributed by atoms with Gasteiger partial charge in [-0.25, -0.2) is 4.98 Å². The Morgan fingerprint density at radius 3 is 2.29 bits per heavy atom. The number of hydrogen-bond donors (Lipinski definition) is 0. The number of aromatic nitrogens is 1.